The molecule has 0 spiro atoms. The molecule has 0 saturated heterocycles. The van der Waals surface area contributed by atoms with E-state index in [1.165, 1.54) is 19.2 Å². The van der Waals surface area contributed by atoms with E-state index >= 15 is 0 Å². The van der Waals surface area contributed by atoms with Crippen molar-refractivity contribution in [1.82, 2.24) is 0 Å². The highest BCUT2D eigenvalue weighted by atomic mass is 35.5. The maximum absolute atomic E-state index is 12.8. The molecule has 1 aromatic carbocycles. The summed E-state index contributed by atoms with van der Waals surface area (Å²) in [5, 5.41) is 8.79. The Labute approximate surface area is 130 Å². The smallest absolute Gasteiger partial charge is 0.430 e. The zero-order valence-corrected chi connectivity index (χ0v) is 12.7. The number of rotatable bonds is 2. The molecule has 1 aliphatic rings. The lowest BCUT2D eigenvalue weighted by Crippen LogP contribution is -2.40. The molecule has 8 heteroatoms. The lowest BCUT2D eigenvalue weighted by atomic mass is 10.0. The highest BCUT2D eigenvalue weighted by molar-refractivity contribution is 6.32. The third kappa shape index (κ3) is 3.65. The number of hydrogen-bond donors (Lipinski definition) is 1. The number of carboxylic acids is 1. The maximum Gasteiger partial charge on any atom is 0.430 e. The standard InChI is InChI=1S/C12H8ClF3O4.C2H6/c1-19-6-2-5-3-7(11(17)18)10(12(14,15)16)20-9(5)8(13)4-6;1-2/h2-4,10H,1H3,(H,17,18);1-2H3. The molecular formula is C14H14ClF3O4. The van der Waals surface area contributed by atoms with Gasteiger partial charge >= 0.3 is 12.1 Å². The van der Waals surface area contributed by atoms with Crippen LogP contribution < -0.4 is 9.47 Å². The molecule has 122 valence electrons. The van der Waals surface area contributed by atoms with E-state index in [0.717, 1.165) is 6.08 Å². The van der Waals surface area contributed by atoms with Crippen LogP contribution in [-0.2, 0) is 4.79 Å². The predicted molar refractivity (Wildman–Crippen MR) is 75.4 cm³/mol. The van der Waals surface area contributed by atoms with Gasteiger partial charge in [0.2, 0.25) is 6.10 Å². The Hall–Kier alpha value is -1.89. The van der Waals surface area contributed by atoms with Gasteiger partial charge in [0.05, 0.1) is 17.7 Å². The molecule has 0 saturated carbocycles. The first-order valence-corrected chi connectivity index (χ1v) is 6.67. The van der Waals surface area contributed by atoms with E-state index in [4.69, 9.17) is 26.2 Å². The molecule has 0 aromatic heterocycles. The average molecular weight is 339 g/mol. The van der Waals surface area contributed by atoms with Crippen LogP contribution in [0.25, 0.3) is 6.08 Å². The summed E-state index contributed by atoms with van der Waals surface area (Å²) >= 11 is 5.82. The zero-order valence-electron chi connectivity index (χ0n) is 12.0. The lowest BCUT2D eigenvalue weighted by molar-refractivity contribution is -0.187. The summed E-state index contributed by atoms with van der Waals surface area (Å²) in [7, 11) is 1.35. The van der Waals surface area contributed by atoms with Crippen molar-refractivity contribution in [2.24, 2.45) is 0 Å². The van der Waals surface area contributed by atoms with E-state index < -0.39 is 23.8 Å². The van der Waals surface area contributed by atoms with Crippen LogP contribution in [0, 0.1) is 0 Å². The maximum atomic E-state index is 12.8. The van der Waals surface area contributed by atoms with Gasteiger partial charge in [-0.2, -0.15) is 13.2 Å². The van der Waals surface area contributed by atoms with Gasteiger partial charge in [0.25, 0.3) is 0 Å². The van der Waals surface area contributed by atoms with Crippen molar-refractivity contribution in [3.05, 3.63) is 28.3 Å². The molecule has 1 unspecified atom stereocenters. The molecule has 1 aromatic rings. The number of carbonyl (C=O) groups is 1. The van der Waals surface area contributed by atoms with E-state index in [2.05, 4.69) is 0 Å². The fraction of sp³-hybridized carbons (Fsp3) is 0.357. The van der Waals surface area contributed by atoms with Gasteiger partial charge in [0.15, 0.2) is 0 Å². The summed E-state index contributed by atoms with van der Waals surface area (Å²) in [5.74, 6) is -1.65. The van der Waals surface area contributed by atoms with Crippen molar-refractivity contribution in [3.63, 3.8) is 0 Å². The second-order valence-electron chi connectivity index (χ2n) is 3.97. The zero-order chi connectivity index (χ0) is 17.1. The summed E-state index contributed by atoms with van der Waals surface area (Å²) in [5.41, 5.74) is -0.790. The number of benzene rings is 1. The van der Waals surface area contributed by atoms with Crippen LogP contribution in [0.15, 0.2) is 17.7 Å². The molecule has 1 aliphatic heterocycles. The van der Waals surface area contributed by atoms with Crippen molar-refractivity contribution in [2.45, 2.75) is 26.1 Å². The summed E-state index contributed by atoms with van der Waals surface area (Å²) in [4.78, 5) is 10.9. The molecular weight excluding hydrogens is 325 g/mol. The first-order chi connectivity index (χ1) is 10.2. The molecule has 2 rings (SSSR count). The van der Waals surface area contributed by atoms with Gasteiger partial charge < -0.3 is 14.6 Å². The van der Waals surface area contributed by atoms with Gasteiger partial charge in [-0.3, -0.25) is 0 Å². The Morgan fingerprint density at radius 1 is 1.36 bits per heavy atom. The number of alkyl halides is 3. The SMILES string of the molecule is CC.COc1cc(Cl)c2c(c1)C=C(C(=O)O)C(C(F)(F)F)O2. The number of hydrogen-bond acceptors (Lipinski definition) is 3. The summed E-state index contributed by atoms with van der Waals surface area (Å²) < 4.78 is 48.1. The summed E-state index contributed by atoms with van der Waals surface area (Å²) in [6.45, 7) is 4.00. The number of carboxylic acid groups (broad SMARTS) is 1. The van der Waals surface area contributed by atoms with Crippen molar-refractivity contribution in [1.29, 1.82) is 0 Å². The Morgan fingerprint density at radius 3 is 2.41 bits per heavy atom. The van der Waals surface area contributed by atoms with Crippen LogP contribution in [0.2, 0.25) is 5.02 Å². The first kappa shape index (κ1) is 18.2. The molecule has 0 bridgehead atoms. The van der Waals surface area contributed by atoms with E-state index in [9.17, 15) is 18.0 Å². The molecule has 0 amide bonds. The second kappa shape index (κ2) is 6.91. The van der Waals surface area contributed by atoms with E-state index in [-0.39, 0.29) is 22.1 Å². The van der Waals surface area contributed by atoms with E-state index in [0.29, 0.717) is 0 Å². The van der Waals surface area contributed by atoms with Crippen LogP contribution in [-0.4, -0.2) is 30.5 Å². The molecule has 1 N–H and O–H groups in total. The fourth-order valence-corrected chi connectivity index (χ4v) is 2.04. The number of halogens is 4. The van der Waals surface area contributed by atoms with Gasteiger partial charge in [-0.1, -0.05) is 25.4 Å². The molecule has 0 radical (unpaired) electrons. The first-order valence-electron chi connectivity index (χ1n) is 6.30. The van der Waals surface area contributed by atoms with Crippen LogP contribution in [0.4, 0.5) is 13.2 Å². The Balaban J connectivity index is 0.00000116. The minimum absolute atomic E-state index is 0.0886. The van der Waals surface area contributed by atoms with E-state index in [1.54, 1.807) is 0 Å². The van der Waals surface area contributed by atoms with Gasteiger partial charge in [0, 0.05) is 11.6 Å². The third-order valence-corrected chi connectivity index (χ3v) is 2.94. The summed E-state index contributed by atoms with van der Waals surface area (Å²) in [6, 6.07) is 2.63. The van der Waals surface area contributed by atoms with Gasteiger partial charge in [-0.25, -0.2) is 4.79 Å². The van der Waals surface area contributed by atoms with Crippen molar-refractivity contribution >= 4 is 23.6 Å². The minimum Gasteiger partial charge on any atom is -0.497 e. The quantitative estimate of drug-likeness (QED) is 0.879. The van der Waals surface area contributed by atoms with Crippen molar-refractivity contribution < 1.29 is 32.5 Å². The van der Waals surface area contributed by atoms with E-state index in [1.807, 2.05) is 13.8 Å². The fourth-order valence-electron chi connectivity index (χ4n) is 1.78. The van der Waals surface area contributed by atoms with Gasteiger partial charge in [-0.15, -0.1) is 0 Å². The van der Waals surface area contributed by atoms with Crippen LogP contribution in [0.5, 0.6) is 11.5 Å². The molecule has 1 heterocycles. The largest absolute Gasteiger partial charge is 0.497 e. The molecule has 4 nitrogen and oxygen atoms in total. The van der Waals surface area contributed by atoms with Crippen molar-refractivity contribution in [2.75, 3.05) is 7.11 Å². The Bertz CT molecular complexity index is 596. The minimum atomic E-state index is -4.86. The monoisotopic (exact) mass is 338 g/mol. The van der Waals surface area contributed by atoms with Gasteiger partial charge in [0.1, 0.15) is 11.5 Å². The van der Waals surface area contributed by atoms with Crippen LogP contribution in [0.1, 0.15) is 19.4 Å². The predicted octanol–water partition coefficient (Wildman–Crippen LogP) is 4.17. The topological polar surface area (TPSA) is 55.8 Å². The number of fused-ring (bicyclic) bond motifs is 1. The van der Waals surface area contributed by atoms with Crippen LogP contribution >= 0.6 is 11.6 Å². The third-order valence-electron chi connectivity index (χ3n) is 2.65. The number of aliphatic carboxylic acids is 1. The molecule has 22 heavy (non-hydrogen) atoms. The highest BCUT2D eigenvalue weighted by Crippen LogP contribution is 2.42. The second-order valence-corrected chi connectivity index (χ2v) is 4.38. The average Bonchev–Trinajstić information content (AvgIpc) is 2.46. The Kier molecular flexibility index (Phi) is 5.71. The molecule has 1 atom stereocenters. The van der Waals surface area contributed by atoms with Gasteiger partial charge in [-0.05, 0) is 12.1 Å². The summed E-state index contributed by atoms with van der Waals surface area (Å²) in [6.07, 6.45) is -6.53. The molecule has 0 aliphatic carbocycles. The number of methoxy groups -OCH3 is 1. The lowest BCUT2D eigenvalue weighted by Gasteiger charge is -2.27. The van der Waals surface area contributed by atoms with Crippen molar-refractivity contribution in [3.8, 4) is 11.5 Å². The number of ether oxygens (including phenoxy) is 2. The van der Waals surface area contributed by atoms with Crippen LogP contribution in [0.3, 0.4) is 0 Å². The normalized spacial score (nSPS) is 16.5. The highest BCUT2D eigenvalue weighted by Gasteiger charge is 2.48. The molecule has 0 fully saturated rings. The Morgan fingerprint density at radius 2 is 1.95 bits per heavy atom.